The SMILES string of the molecule is Oc1cc(Br)c(Oc2cc(O)c(O)cc2Br)cc1O. The predicted molar refractivity (Wildman–Crippen MR) is 75.0 cm³/mol. The van der Waals surface area contributed by atoms with Gasteiger partial charge in [-0.3, -0.25) is 0 Å². The van der Waals surface area contributed by atoms with E-state index in [2.05, 4.69) is 31.9 Å². The van der Waals surface area contributed by atoms with Crippen molar-refractivity contribution in [1.29, 1.82) is 0 Å². The number of hydrogen-bond donors (Lipinski definition) is 4. The average molecular weight is 392 g/mol. The molecule has 0 heterocycles. The van der Waals surface area contributed by atoms with Crippen molar-refractivity contribution >= 4 is 31.9 Å². The summed E-state index contributed by atoms with van der Waals surface area (Å²) in [6.07, 6.45) is 0. The summed E-state index contributed by atoms with van der Waals surface area (Å²) in [6.45, 7) is 0. The molecule has 0 bridgehead atoms. The highest BCUT2D eigenvalue weighted by Crippen LogP contribution is 2.42. The Bertz CT molecular complexity index is 587. The molecule has 0 saturated carbocycles. The lowest BCUT2D eigenvalue weighted by Gasteiger charge is -2.11. The molecule has 7 heteroatoms. The van der Waals surface area contributed by atoms with E-state index in [0.29, 0.717) is 8.95 Å². The number of aromatic hydroxyl groups is 4. The van der Waals surface area contributed by atoms with Crippen LogP contribution in [0.2, 0.25) is 0 Å². The van der Waals surface area contributed by atoms with E-state index in [1.807, 2.05) is 0 Å². The van der Waals surface area contributed by atoms with Gasteiger partial charge in [0, 0.05) is 24.3 Å². The number of phenolic OH excluding ortho intramolecular Hbond substituents is 4. The Hall–Kier alpha value is -1.60. The van der Waals surface area contributed by atoms with E-state index in [1.165, 1.54) is 24.3 Å². The second kappa shape index (κ2) is 5.18. The molecule has 2 aromatic rings. The summed E-state index contributed by atoms with van der Waals surface area (Å²) in [5.74, 6) is -0.768. The van der Waals surface area contributed by atoms with Crippen LogP contribution in [0.4, 0.5) is 0 Å². The van der Waals surface area contributed by atoms with Crippen LogP contribution in [0.1, 0.15) is 0 Å². The summed E-state index contributed by atoms with van der Waals surface area (Å²) in [5, 5.41) is 37.5. The molecule has 0 saturated heterocycles. The zero-order valence-corrected chi connectivity index (χ0v) is 12.4. The van der Waals surface area contributed by atoms with E-state index in [1.54, 1.807) is 0 Å². The topological polar surface area (TPSA) is 90.2 Å². The van der Waals surface area contributed by atoms with Gasteiger partial charge in [0.2, 0.25) is 0 Å². The maximum atomic E-state index is 9.42. The molecule has 2 rings (SSSR count). The van der Waals surface area contributed by atoms with Gasteiger partial charge in [-0.25, -0.2) is 0 Å². The highest BCUT2D eigenvalue weighted by Gasteiger charge is 2.13. The molecule has 2 aromatic carbocycles. The highest BCUT2D eigenvalue weighted by atomic mass is 79.9. The maximum absolute atomic E-state index is 9.42. The molecule has 0 fully saturated rings. The van der Waals surface area contributed by atoms with E-state index in [-0.39, 0.29) is 34.5 Å². The number of ether oxygens (including phenoxy) is 1. The molecule has 4 N–H and O–H groups in total. The summed E-state index contributed by atoms with van der Waals surface area (Å²) in [7, 11) is 0. The van der Waals surface area contributed by atoms with Gasteiger partial charge in [0.05, 0.1) is 8.95 Å². The fraction of sp³-hybridized carbons (Fsp3) is 0. The quantitative estimate of drug-likeness (QED) is 0.584. The molecule has 0 unspecified atom stereocenters. The molecular formula is C12H8Br2O5. The Morgan fingerprint density at radius 1 is 0.632 bits per heavy atom. The van der Waals surface area contributed by atoms with Crippen molar-refractivity contribution in [2.24, 2.45) is 0 Å². The van der Waals surface area contributed by atoms with Crippen molar-refractivity contribution in [3.8, 4) is 34.5 Å². The zero-order chi connectivity index (χ0) is 14.2. The van der Waals surface area contributed by atoms with Gasteiger partial charge in [-0.2, -0.15) is 0 Å². The average Bonchev–Trinajstić information content (AvgIpc) is 2.32. The molecule has 0 aromatic heterocycles. The number of rotatable bonds is 2. The Kier molecular flexibility index (Phi) is 3.77. The van der Waals surface area contributed by atoms with Gasteiger partial charge in [0.15, 0.2) is 23.0 Å². The molecule has 0 aliphatic heterocycles. The summed E-state index contributed by atoms with van der Waals surface area (Å²) < 4.78 is 6.31. The van der Waals surface area contributed by atoms with Crippen LogP contribution >= 0.6 is 31.9 Å². The third kappa shape index (κ3) is 2.87. The number of benzene rings is 2. The van der Waals surface area contributed by atoms with E-state index < -0.39 is 0 Å². The minimum atomic E-state index is -0.336. The van der Waals surface area contributed by atoms with Crippen LogP contribution in [0, 0.1) is 0 Å². The van der Waals surface area contributed by atoms with Crippen LogP contribution in [-0.2, 0) is 0 Å². The van der Waals surface area contributed by atoms with Crippen LogP contribution in [-0.4, -0.2) is 20.4 Å². The first-order valence-corrected chi connectivity index (χ1v) is 6.58. The van der Waals surface area contributed by atoms with Crippen molar-refractivity contribution < 1.29 is 25.2 Å². The Morgan fingerprint density at radius 2 is 0.947 bits per heavy atom. The maximum Gasteiger partial charge on any atom is 0.161 e. The second-order valence-electron chi connectivity index (χ2n) is 3.64. The summed E-state index contributed by atoms with van der Waals surface area (Å²) in [5.41, 5.74) is 0. The number of phenols is 4. The van der Waals surface area contributed by atoms with Gasteiger partial charge < -0.3 is 25.2 Å². The number of hydrogen-bond acceptors (Lipinski definition) is 5. The molecule has 0 radical (unpaired) electrons. The van der Waals surface area contributed by atoms with E-state index in [0.717, 1.165) is 0 Å². The second-order valence-corrected chi connectivity index (χ2v) is 5.35. The lowest BCUT2D eigenvalue weighted by Crippen LogP contribution is -1.87. The van der Waals surface area contributed by atoms with Crippen molar-refractivity contribution in [1.82, 2.24) is 0 Å². The van der Waals surface area contributed by atoms with Crippen LogP contribution in [0.25, 0.3) is 0 Å². The van der Waals surface area contributed by atoms with Gasteiger partial charge in [0.1, 0.15) is 11.5 Å². The van der Waals surface area contributed by atoms with E-state index in [4.69, 9.17) is 4.74 Å². The van der Waals surface area contributed by atoms with Crippen molar-refractivity contribution in [2.75, 3.05) is 0 Å². The lowest BCUT2D eigenvalue weighted by molar-refractivity contribution is 0.390. The molecule has 0 aliphatic rings. The van der Waals surface area contributed by atoms with Crippen LogP contribution in [0.3, 0.4) is 0 Å². The molecule has 0 atom stereocenters. The molecule has 19 heavy (non-hydrogen) atoms. The zero-order valence-electron chi connectivity index (χ0n) is 9.26. The van der Waals surface area contributed by atoms with Gasteiger partial charge in [0.25, 0.3) is 0 Å². The van der Waals surface area contributed by atoms with E-state index >= 15 is 0 Å². The van der Waals surface area contributed by atoms with Crippen molar-refractivity contribution in [2.45, 2.75) is 0 Å². The number of halogens is 2. The minimum Gasteiger partial charge on any atom is -0.504 e. The van der Waals surface area contributed by atoms with Gasteiger partial charge in [-0.15, -0.1) is 0 Å². The van der Waals surface area contributed by atoms with Crippen LogP contribution < -0.4 is 4.74 Å². The Balaban J connectivity index is 2.42. The fourth-order valence-corrected chi connectivity index (χ4v) is 2.16. The summed E-state index contributed by atoms with van der Waals surface area (Å²) >= 11 is 6.35. The molecule has 5 nitrogen and oxygen atoms in total. The first-order valence-electron chi connectivity index (χ1n) is 4.99. The van der Waals surface area contributed by atoms with Gasteiger partial charge in [-0.1, -0.05) is 0 Å². The lowest BCUT2D eigenvalue weighted by atomic mass is 10.3. The van der Waals surface area contributed by atoms with E-state index in [9.17, 15) is 20.4 Å². The summed E-state index contributed by atoms with van der Waals surface area (Å²) in [4.78, 5) is 0. The van der Waals surface area contributed by atoms with Gasteiger partial charge >= 0.3 is 0 Å². The summed E-state index contributed by atoms with van der Waals surface area (Å²) in [6, 6.07) is 4.99. The monoisotopic (exact) mass is 390 g/mol. The normalized spacial score (nSPS) is 10.4. The predicted octanol–water partition coefficient (Wildman–Crippen LogP) is 3.83. The van der Waals surface area contributed by atoms with Crippen molar-refractivity contribution in [3.05, 3.63) is 33.2 Å². The van der Waals surface area contributed by atoms with Crippen LogP contribution in [0.5, 0.6) is 34.5 Å². The van der Waals surface area contributed by atoms with Crippen molar-refractivity contribution in [3.63, 3.8) is 0 Å². The molecule has 0 spiro atoms. The smallest absolute Gasteiger partial charge is 0.161 e. The fourth-order valence-electron chi connectivity index (χ4n) is 1.34. The Morgan fingerprint density at radius 3 is 1.32 bits per heavy atom. The largest absolute Gasteiger partial charge is 0.504 e. The third-order valence-corrected chi connectivity index (χ3v) is 3.52. The molecule has 0 aliphatic carbocycles. The first kappa shape index (κ1) is 13.8. The minimum absolute atomic E-state index is 0.237. The molecular weight excluding hydrogens is 384 g/mol. The van der Waals surface area contributed by atoms with Crippen LogP contribution in [0.15, 0.2) is 33.2 Å². The first-order chi connectivity index (χ1) is 8.88. The third-order valence-electron chi connectivity index (χ3n) is 2.28. The standard InChI is InChI=1S/C12H8Br2O5/c13-5-1-7(15)9(17)3-11(5)19-12-4-10(18)8(16)2-6(12)14/h1-4,15-18H. The Labute approximate surface area is 125 Å². The molecule has 0 amide bonds. The van der Waals surface area contributed by atoms with Gasteiger partial charge in [-0.05, 0) is 31.9 Å². The highest BCUT2D eigenvalue weighted by molar-refractivity contribution is 9.11. The molecule has 100 valence electrons.